The van der Waals surface area contributed by atoms with E-state index in [0.717, 1.165) is 11.6 Å². The van der Waals surface area contributed by atoms with Crippen molar-refractivity contribution in [2.45, 2.75) is 26.2 Å². The summed E-state index contributed by atoms with van der Waals surface area (Å²) in [6.07, 6.45) is -4.49. The maximum absolute atomic E-state index is 13.4. The second kappa shape index (κ2) is 6.95. The number of alkyl halides is 3. The Morgan fingerprint density at radius 2 is 1.79 bits per heavy atom. The number of carbonyl (C=O) groups excluding carboxylic acids is 1. The van der Waals surface area contributed by atoms with E-state index in [2.05, 4.69) is 4.98 Å². The fraction of sp³-hybridized carbons (Fsp3) is 0.238. The molecule has 5 nitrogen and oxygen atoms in total. The second-order valence-electron chi connectivity index (χ2n) is 6.80. The van der Waals surface area contributed by atoms with Crippen molar-refractivity contribution in [1.29, 1.82) is 0 Å². The average molecular weight is 401 g/mol. The summed E-state index contributed by atoms with van der Waals surface area (Å²) in [5.41, 5.74) is 0.900. The minimum Gasteiger partial charge on any atom is -0.497 e. The lowest BCUT2D eigenvalue weighted by molar-refractivity contribution is -0.137. The molecule has 2 aromatic carbocycles. The Balaban J connectivity index is 1.72. The fourth-order valence-electron chi connectivity index (χ4n) is 3.51. The van der Waals surface area contributed by atoms with Gasteiger partial charge in [0.25, 0.3) is 0 Å². The molecule has 1 aliphatic heterocycles. The van der Waals surface area contributed by atoms with Crippen molar-refractivity contribution in [2.24, 2.45) is 0 Å². The highest BCUT2D eigenvalue weighted by Gasteiger charge is 2.37. The molecule has 0 saturated carbocycles. The largest absolute Gasteiger partial charge is 0.497 e. The average Bonchev–Trinajstić information content (AvgIpc) is 3.18. The Kier molecular flexibility index (Phi) is 4.56. The van der Waals surface area contributed by atoms with Crippen molar-refractivity contribution < 1.29 is 22.7 Å². The van der Waals surface area contributed by atoms with Crippen LogP contribution in [-0.2, 0) is 24.1 Å². The number of benzene rings is 2. The second-order valence-corrected chi connectivity index (χ2v) is 6.80. The van der Waals surface area contributed by atoms with E-state index < -0.39 is 11.7 Å². The normalized spacial score (nSPS) is 13.7. The number of nitrogens with zero attached hydrogens (tertiary/aromatic N) is 3. The summed E-state index contributed by atoms with van der Waals surface area (Å²) in [6, 6.07) is 12.6. The zero-order valence-electron chi connectivity index (χ0n) is 15.8. The molecule has 150 valence electrons. The molecule has 0 atom stereocenters. The van der Waals surface area contributed by atoms with Gasteiger partial charge in [-0.2, -0.15) is 13.2 Å². The Bertz CT molecular complexity index is 1070. The molecule has 29 heavy (non-hydrogen) atoms. The smallest absolute Gasteiger partial charge is 0.417 e. The number of amides is 1. The van der Waals surface area contributed by atoms with Gasteiger partial charge in [0.15, 0.2) is 0 Å². The van der Waals surface area contributed by atoms with E-state index in [1.165, 1.54) is 17.0 Å². The van der Waals surface area contributed by atoms with E-state index in [0.29, 0.717) is 17.4 Å². The molecule has 1 amide bonds. The molecule has 0 fully saturated rings. The van der Waals surface area contributed by atoms with Crippen molar-refractivity contribution in [3.8, 4) is 17.0 Å². The highest BCUT2D eigenvalue weighted by atomic mass is 19.4. The maximum atomic E-state index is 13.4. The number of anilines is 1. The van der Waals surface area contributed by atoms with Gasteiger partial charge >= 0.3 is 6.18 Å². The molecule has 2 heterocycles. The highest BCUT2D eigenvalue weighted by Crippen LogP contribution is 2.39. The maximum Gasteiger partial charge on any atom is 0.417 e. The number of rotatable bonds is 4. The predicted molar refractivity (Wildman–Crippen MR) is 102 cm³/mol. The molecule has 0 bridgehead atoms. The van der Waals surface area contributed by atoms with E-state index in [1.54, 1.807) is 36.8 Å². The third kappa shape index (κ3) is 3.35. The summed E-state index contributed by atoms with van der Waals surface area (Å²) in [4.78, 5) is 18.4. The van der Waals surface area contributed by atoms with Crippen LogP contribution in [0.25, 0.3) is 11.3 Å². The van der Waals surface area contributed by atoms with Gasteiger partial charge in [0, 0.05) is 11.3 Å². The van der Waals surface area contributed by atoms with Crippen LogP contribution in [0.15, 0.2) is 48.5 Å². The van der Waals surface area contributed by atoms with Gasteiger partial charge in [0.1, 0.15) is 12.3 Å². The van der Waals surface area contributed by atoms with Gasteiger partial charge in [-0.25, -0.2) is 4.98 Å². The zero-order chi connectivity index (χ0) is 20.8. The first-order valence-electron chi connectivity index (χ1n) is 8.96. The summed E-state index contributed by atoms with van der Waals surface area (Å²) >= 11 is 0. The van der Waals surface area contributed by atoms with Crippen LogP contribution in [0.1, 0.15) is 16.8 Å². The lowest BCUT2D eigenvalue weighted by Crippen LogP contribution is -2.26. The van der Waals surface area contributed by atoms with E-state index in [1.807, 2.05) is 12.1 Å². The summed E-state index contributed by atoms with van der Waals surface area (Å²) in [5.74, 6) is 0.905. The van der Waals surface area contributed by atoms with E-state index in [-0.39, 0.29) is 30.3 Å². The van der Waals surface area contributed by atoms with Gasteiger partial charge in [0.05, 0.1) is 24.9 Å². The summed E-state index contributed by atoms with van der Waals surface area (Å²) in [6.45, 7) is 2.02. The van der Waals surface area contributed by atoms with Gasteiger partial charge in [-0.15, -0.1) is 0 Å². The van der Waals surface area contributed by atoms with Gasteiger partial charge in [-0.05, 0) is 30.7 Å². The first-order chi connectivity index (χ1) is 13.8. The Morgan fingerprint density at radius 1 is 1.10 bits per heavy atom. The number of imidazole rings is 1. The first kappa shape index (κ1) is 19.0. The molecule has 0 N–H and O–H groups in total. The molecular weight excluding hydrogens is 383 g/mol. The minimum absolute atomic E-state index is 0.0104. The minimum atomic E-state index is -4.49. The van der Waals surface area contributed by atoms with Crippen LogP contribution in [0.2, 0.25) is 0 Å². The molecule has 3 aromatic rings. The Hall–Kier alpha value is -3.29. The van der Waals surface area contributed by atoms with Crippen molar-refractivity contribution in [2.75, 3.05) is 12.0 Å². The van der Waals surface area contributed by atoms with Crippen LogP contribution in [0.5, 0.6) is 5.75 Å². The monoisotopic (exact) mass is 401 g/mol. The fourth-order valence-corrected chi connectivity index (χ4v) is 3.51. The molecule has 0 spiro atoms. The van der Waals surface area contributed by atoms with E-state index >= 15 is 0 Å². The third-order valence-corrected chi connectivity index (χ3v) is 5.02. The summed E-state index contributed by atoms with van der Waals surface area (Å²) < 4.78 is 47.1. The topological polar surface area (TPSA) is 47.4 Å². The third-order valence-electron chi connectivity index (χ3n) is 5.02. The summed E-state index contributed by atoms with van der Waals surface area (Å²) in [7, 11) is 1.57. The number of ether oxygens (including phenoxy) is 1. The van der Waals surface area contributed by atoms with Crippen LogP contribution in [-0.4, -0.2) is 22.6 Å². The van der Waals surface area contributed by atoms with Crippen molar-refractivity contribution >= 4 is 11.9 Å². The van der Waals surface area contributed by atoms with Gasteiger partial charge < -0.3 is 9.30 Å². The SMILES string of the molecule is COc1ccc(CN2C(=O)Cn3c2nc(-c2ccccc2C(F)(F)F)c3C)cc1. The van der Waals surface area contributed by atoms with Crippen molar-refractivity contribution in [3.63, 3.8) is 0 Å². The van der Waals surface area contributed by atoms with Gasteiger partial charge in [-0.1, -0.05) is 30.3 Å². The molecule has 0 aliphatic carbocycles. The molecule has 0 unspecified atom stereocenters. The molecule has 1 aliphatic rings. The van der Waals surface area contributed by atoms with Crippen LogP contribution < -0.4 is 9.64 Å². The lowest BCUT2D eigenvalue weighted by Gasteiger charge is -2.15. The first-order valence-corrected chi connectivity index (χ1v) is 8.96. The molecule has 4 rings (SSSR count). The number of aromatic nitrogens is 2. The summed E-state index contributed by atoms with van der Waals surface area (Å²) in [5, 5.41) is 0. The van der Waals surface area contributed by atoms with E-state index in [9.17, 15) is 18.0 Å². The zero-order valence-corrected chi connectivity index (χ0v) is 15.8. The number of methoxy groups -OCH3 is 1. The Labute approximate surface area is 165 Å². The standard InChI is InChI=1S/C21H18F3N3O2/c1-13-19(16-5-3-4-6-17(16)21(22,23)24)25-20-26(13)12-18(28)27(20)11-14-7-9-15(29-2)10-8-14/h3-10H,11-12H2,1-2H3. The van der Waals surface area contributed by atoms with E-state index in [4.69, 9.17) is 4.74 Å². The number of hydrogen-bond donors (Lipinski definition) is 0. The number of fused-ring (bicyclic) bond motifs is 1. The predicted octanol–water partition coefficient (Wildman–Crippen LogP) is 4.43. The molecule has 8 heteroatoms. The molecular formula is C21H18F3N3O2. The van der Waals surface area contributed by atoms with Crippen LogP contribution >= 0.6 is 0 Å². The number of hydrogen-bond acceptors (Lipinski definition) is 3. The highest BCUT2D eigenvalue weighted by molar-refractivity contribution is 5.96. The number of carbonyl (C=O) groups is 1. The van der Waals surface area contributed by atoms with Crippen LogP contribution in [0.4, 0.5) is 19.1 Å². The lowest BCUT2D eigenvalue weighted by atomic mass is 10.0. The molecule has 0 radical (unpaired) electrons. The molecule has 0 saturated heterocycles. The van der Waals surface area contributed by atoms with Crippen LogP contribution in [0, 0.1) is 6.92 Å². The number of halogens is 3. The van der Waals surface area contributed by atoms with Gasteiger partial charge in [-0.3, -0.25) is 9.69 Å². The van der Waals surface area contributed by atoms with Crippen molar-refractivity contribution in [1.82, 2.24) is 9.55 Å². The van der Waals surface area contributed by atoms with Crippen molar-refractivity contribution in [3.05, 3.63) is 65.4 Å². The quantitative estimate of drug-likeness (QED) is 0.650. The van der Waals surface area contributed by atoms with Crippen LogP contribution in [0.3, 0.4) is 0 Å². The Morgan fingerprint density at radius 3 is 2.45 bits per heavy atom. The van der Waals surface area contributed by atoms with Gasteiger partial charge in [0.2, 0.25) is 11.9 Å². The molecule has 1 aromatic heterocycles.